The molecule has 1 saturated heterocycles. The summed E-state index contributed by atoms with van der Waals surface area (Å²) in [7, 11) is 0. The Morgan fingerprint density at radius 1 is 1.00 bits per heavy atom. The van der Waals surface area contributed by atoms with Gasteiger partial charge in [-0.25, -0.2) is 0 Å². The van der Waals surface area contributed by atoms with Crippen LogP contribution in [0.5, 0.6) is 0 Å². The van der Waals surface area contributed by atoms with Crippen LogP contribution in [0.1, 0.15) is 88.0 Å². The number of hydrogen-bond donors (Lipinski definition) is 2. The minimum absolute atomic E-state index is 0.0564. The van der Waals surface area contributed by atoms with Crippen LogP contribution in [0.25, 0.3) is 0 Å². The molecule has 3 atom stereocenters. The van der Waals surface area contributed by atoms with Gasteiger partial charge in [-0.05, 0) is 80.1 Å². The van der Waals surface area contributed by atoms with Crippen LogP contribution in [0.3, 0.4) is 0 Å². The second kappa shape index (κ2) is 8.70. The van der Waals surface area contributed by atoms with Crippen LogP contribution in [0, 0.1) is 5.92 Å². The fourth-order valence-corrected chi connectivity index (χ4v) is 4.39. The number of ether oxygens (including phenoxy) is 3. The Kier molecular flexibility index (Phi) is 7.18. The van der Waals surface area contributed by atoms with Crippen LogP contribution in [-0.2, 0) is 28.6 Å². The second-order valence-corrected chi connectivity index (χ2v) is 11.0. The molecule has 0 bridgehead atoms. The number of amides is 2. The van der Waals surface area contributed by atoms with Crippen LogP contribution >= 0.6 is 0 Å². The van der Waals surface area contributed by atoms with Crippen molar-refractivity contribution in [2.75, 3.05) is 0 Å². The largest absolute Gasteiger partial charge is 0.459 e. The number of esters is 1. The molecule has 2 amide bonds. The molecule has 0 aromatic carbocycles. The molecule has 2 N–H and O–H groups in total. The normalized spacial score (nSPS) is 30.1. The van der Waals surface area contributed by atoms with Gasteiger partial charge in [0.15, 0.2) is 11.8 Å². The molecule has 1 saturated carbocycles. The number of rotatable bonds is 6. The van der Waals surface area contributed by atoms with Crippen LogP contribution in [0.2, 0.25) is 0 Å². The summed E-state index contributed by atoms with van der Waals surface area (Å²) < 4.78 is 17.7. The number of carbonyl (C=O) groups excluding carboxylic acids is 3. The van der Waals surface area contributed by atoms with Crippen molar-refractivity contribution >= 4 is 17.8 Å². The highest BCUT2D eigenvalue weighted by Crippen LogP contribution is 2.43. The summed E-state index contributed by atoms with van der Waals surface area (Å²) in [4.78, 5) is 37.2. The summed E-state index contributed by atoms with van der Waals surface area (Å²) >= 11 is 0. The highest BCUT2D eigenvalue weighted by atomic mass is 16.7. The van der Waals surface area contributed by atoms with Crippen molar-refractivity contribution in [3.05, 3.63) is 0 Å². The van der Waals surface area contributed by atoms with E-state index in [0.717, 1.165) is 6.42 Å². The predicted molar refractivity (Wildman–Crippen MR) is 116 cm³/mol. The molecule has 1 heterocycles. The third kappa shape index (κ3) is 5.98. The SMILES string of the molecule is CC(=O)NC1(C(=O)NC(C)(C)C)CC(CCC2OC(C)(C)C(C)(C)O2)CC1OC(C)=O. The molecule has 178 valence electrons. The maximum Gasteiger partial charge on any atom is 0.303 e. The fraction of sp³-hybridized carbons (Fsp3) is 0.870. The lowest BCUT2D eigenvalue weighted by atomic mass is 9.90. The van der Waals surface area contributed by atoms with Gasteiger partial charge in [-0.15, -0.1) is 0 Å². The van der Waals surface area contributed by atoms with Crippen molar-refractivity contribution in [2.45, 2.75) is 123 Å². The average molecular weight is 441 g/mol. The Balaban J connectivity index is 2.19. The van der Waals surface area contributed by atoms with E-state index in [2.05, 4.69) is 10.6 Å². The lowest BCUT2D eigenvalue weighted by molar-refractivity contribution is -0.154. The molecule has 0 radical (unpaired) electrons. The molecule has 1 aliphatic carbocycles. The van der Waals surface area contributed by atoms with Crippen LogP contribution in [0.4, 0.5) is 0 Å². The van der Waals surface area contributed by atoms with Gasteiger partial charge in [0.2, 0.25) is 11.8 Å². The van der Waals surface area contributed by atoms with Crippen LogP contribution in [-0.4, -0.2) is 52.5 Å². The molecule has 2 aliphatic rings. The average Bonchev–Trinajstić information content (AvgIpc) is 2.97. The van der Waals surface area contributed by atoms with E-state index in [1.54, 1.807) is 0 Å². The van der Waals surface area contributed by atoms with E-state index >= 15 is 0 Å². The van der Waals surface area contributed by atoms with Gasteiger partial charge in [-0.3, -0.25) is 14.4 Å². The first-order valence-corrected chi connectivity index (χ1v) is 11.1. The fourth-order valence-electron chi connectivity index (χ4n) is 4.39. The zero-order valence-electron chi connectivity index (χ0n) is 20.5. The number of carbonyl (C=O) groups is 3. The Hall–Kier alpha value is -1.67. The Bertz CT molecular complexity index is 695. The molecule has 8 nitrogen and oxygen atoms in total. The smallest absolute Gasteiger partial charge is 0.303 e. The number of nitrogens with one attached hydrogen (secondary N) is 2. The zero-order valence-corrected chi connectivity index (χ0v) is 20.5. The van der Waals surface area contributed by atoms with Gasteiger partial charge >= 0.3 is 5.97 Å². The Morgan fingerprint density at radius 2 is 1.55 bits per heavy atom. The van der Waals surface area contributed by atoms with Crippen molar-refractivity contribution in [1.82, 2.24) is 10.6 Å². The molecular weight excluding hydrogens is 400 g/mol. The van der Waals surface area contributed by atoms with Crippen LogP contribution in [0.15, 0.2) is 0 Å². The lowest BCUT2D eigenvalue weighted by Crippen LogP contribution is -2.65. The van der Waals surface area contributed by atoms with E-state index in [1.165, 1.54) is 13.8 Å². The highest BCUT2D eigenvalue weighted by Gasteiger charge is 2.56. The highest BCUT2D eigenvalue weighted by molar-refractivity contribution is 5.92. The standard InChI is InChI=1S/C23H40N2O6/c1-14(26)24-23(19(28)25-20(3,4)5)13-16(12-17(23)29-15(2)27)10-11-18-30-21(6,7)22(8,9)31-18/h16-18H,10-13H2,1-9H3,(H,24,26)(H,25,28). The van der Waals surface area contributed by atoms with Crippen molar-refractivity contribution in [3.63, 3.8) is 0 Å². The van der Waals surface area contributed by atoms with E-state index < -0.39 is 34.4 Å². The van der Waals surface area contributed by atoms with E-state index in [-0.39, 0.29) is 24.0 Å². The third-order valence-electron chi connectivity index (χ3n) is 6.42. The summed E-state index contributed by atoms with van der Waals surface area (Å²) in [5, 5.41) is 5.78. The summed E-state index contributed by atoms with van der Waals surface area (Å²) in [5.74, 6) is -1.09. The van der Waals surface area contributed by atoms with Gasteiger partial charge < -0.3 is 24.8 Å². The van der Waals surface area contributed by atoms with Gasteiger partial charge in [0, 0.05) is 19.4 Å². The van der Waals surface area contributed by atoms with Crippen molar-refractivity contribution < 1.29 is 28.6 Å². The second-order valence-electron chi connectivity index (χ2n) is 11.0. The molecule has 3 unspecified atom stereocenters. The van der Waals surface area contributed by atoms with E-state index in [9.17, 15) is 14.4 Å². The summed E-state index contributed by atoms with van der Waals surface area (Å²) in [5.41, 5.74) is -2.60. The lowest BCUT2D eigenvalue weighted by Gasteiger charge is -2.36. The third-order valence-corrected chi connectivity index (χ3v) is 6.42. The molecule has 0 spiro atoms. The molecule has 8 heteroatoms. The van der Waals surface area contributed by atoms with Gasteiger partial charge in [0.05, 0.1) is 11.2 Å². The molecule has 1 aliphatic heterocycles. The molecule has 2 fully saturated rings. The number of hydrogen-bond acceptors (Lipinski definition) is 6. The van der Waals surface area contributed by atoms with Gasteiger partial charge in [-0.2, -0.15) is 0 Å². The summed E-state index contributed by atoms with van der Waals surface area (Å²) in [6, 6.07) is 0. The van der Waals surface area contributed by atoms with E-state index in [4.69, 9.17) is 14.2 Å². The predicted octanol–water partition coefficient (Wildman–Crippen LogP) is 2.83. The minimum Gasteiger partial charge on any atom is -0.459 e. The van der Waals surface area contributed by atoms with Gasteiger partial charge in [0.25, 0.3) is 0 Å². The van der Waals surface area contributed by atoms with Crippen molar-refractivity contribution in [3.8, 4) is 0 Å². The maximum atomic E-state index is 13.3. The molecule has 0 aromatic rings. The molecule has 2 rings (SSSR count). The summed E-state index contributed by atoms with van der Waals surface area (Å²) in [6.45, 7) is 16.4. The molecule has 31 heavy (non-hydrogen) atoms. The Morgan fingerprint density at radius 3 is 2.00 bits per heavy atom. The maximum absolute atomic E-state index is 13.3. The van der Waals surface area contributed by atoms with Gasteiger partial charge in [0.1, 0.15) is 6.10 Å². The minimum atomic E-state index is -1.30. The quantitative estimate of drug-likeness (QED) is 0.616. The monoisotopic (exact) mass is 440 g/mol. The van der Waals surface area contributed by atoms with Crippen LogP contribution < -0.4 is 10.6 Å². The first-order chi connectivity index (χ1) is 14.0. The zero-order chi connectivity index (χ0) is 23.8. The van der Waals surface area contributed by atoms with E-state index in [1.807, 2.05) is 48.5 Å². The van der Waals surface area contributed by atoms with Crippen molar-refractivity contribution in [2.24, 2.45) is 5.92 Å². The van der Waals surface area contributed by atoms with Crippen molar-refractivity contribution in [1.29, 1.82) is 0 Å². The van der Waals surface area contributed by atoms with E-state index in [0.29, 0.717) is 19.3 Å². The Labute approximate surface area is 186 Å². The topological polar surface area (TPSA) is 103 Å². The molecular formula is C23H40N2O6. The molecule has 0 aromatic heterocycles. The first-order valence-electron chi connectivity index (χ1n) is 11.1. The first kappa shape index (κ1) is 25.6. The summed E-state index contributed by atoms with van der Waals surface area (Å²) in [6.07, 6.45) is 1.17. The van der Waals surface area contributed by atoms with Gasteiger partial charge in [-0.1, -0.05) is 0 Å².